The van der Waals surface area contributed by atoms with E-state index < -0.39 is 0 Å². The summed E-state index contributed by atoms with van der Waals surface area (Å²) in [5.74, 6) is -0.0389. The highest BCUT2D eigenvalue weighted by molar-refractivity contribution is 5.97. The van der Waals surface area contributed by atoms with Crippen LogP contribution in [0.5, 0.6) is 0 Å². The Morgan fingerprint density at radius 2 is 2.28 bits per heavy atom. The summed E-state index contributed by atoms with van der Waals surface area (Å²) < 4.78 is 5.21. The van der Waals surface area contributed by atoms with Crippen molar-refractivity contribution in [1.29, 1.82) is 0 Å². The first-order chi connectivity index (χ1) is 8.81. The fourth-order valence-electron chi connectivity index (χ4n) is 1.81. The van der Waals surface area contributed by atoms with Crippen LogP contribution in [0.15, 0.2) is 30.5 Å². The Labute approximate surface area is 106 Å². The average Bonchev–Trinajstić information content (AvgIpc) is 2.85. The third-order valence-electron chi connectivity index (χ3n) is 2.77. The summed E-state index contributed by atoms with van der Waals surface area (Å²) in [7, 11) is 0. The van der Waals surface area contributed by atoms with Gasteiger partial charge in [0.05, 0.1) is 0 Å². The molecule has 0 aliphatic rings. The van der Waals surface area contributed by atoms with E-state index in [1.54, 1.807) is 0 Å². The summed E-state index contributed by atoms with van der Waals surface area (Å²) in [5.41, 5.74) is 1.67. The van der Waals surface area contributed by atoms with Crippen LogP contribution in [-0.4, -0.2) is 30.6 Å². The van der Waals surface area contributed by atoms with Gasteiger partial charge in [-0.15, -0.1) is 0 Å². The van der Waals surface area contributed by atoms with Crippen LogP contribution < -0.4 is 5.32 Å². The molecule has 1 aromatic carbocycles. The van der Waals surface area contributed by atoms with Crippen LogP contribution in [0.25, 0.3) is 10.9 Å². The Hall–Kier alpha value is -1.81. The monoisotopic (exact) mass is 246 g/mol. The molecule has 0 spiro atoms. The number of ether oxygens (including phenoxy) is 1. The molecule has 18 heavy (non-hydrogen) atoms. The highest BCUT2D eigenvalue weighted by Crippen LogP contribution is 2.13. The highest BCUT2D eigenvalue weighted by atomic mass is 16.5. The number of H-pyrrole nitrogens is 1. The molecule has 0 fully saturated rings. The van der Waals surface area contributed by atoms with Crippen LogP contribution in [0, 0.1) is 0 Å². The Morgan fingerprint density at radius 3 is 3.11 bits per heavy atom. The molecule has 0 saturated heterocycles. The molecule has 4 heteroatoms. The Kier molecular flexibility index (Phi) is 4.36. The van der Waals surface area contributed by atoms with Gasteiger partial charge in [-0.05, 0) is 36.9 Å². The first-order valence-electron chi connectivity index (χ1n) is 6.24. The summed E-state index contributed by atoms with van der Waals surface area (Å²) >= 11 is 0. The molecule has 1 heterocycles. The van der Waals surface area contributed by atoms with Gasteiger partial charge in [-0.2, -0.15) is 0 Å². The first-order valence-corrected chi connectivity index (χ1v) is 6.24. The van der Waals surface area contributed by atoms with E-state index in [1.807, 2.05) is 37.4 Å². The van der Waals surface area contributed by atoms with E-state index in [9.17, 15) is 4.79 Å². The molecule has 0 saturated carbocycles. The highest BCUT2D eigenvalue weighted by Gasteiger charge is 2.05. The number of hydrogen-bond acceptors (Lipinski definition) is 2. The van der Waals surface area contributed by atoms with Crippen LogP contribution in [0.2, 0.25) is 0 Å². The van der Waals surface area contributed by atoms with Gasteiger partial charge in [0.1, 0.15) is 0 Å². The quantitative estimate of drug-likeness (QED) is 0.768. The van der Waals surface area contributed by atoms with Crippen molar-refractivity contribution in [3.63, 3.8) is 0 Å². The maximum absolute atomic E-state index is 11.9. The molecule has 0 aliphatic carbocycles. The van der Waals surface area contributed by atoms with E-state index in [4.69, 9.17) is 4.74 Å². The van der Waals surface area contributed by atoms with E-state index in [2.05, 4.69) is 10.3 Å². The minimum Gasteiger partial charge on any atom is -0.382 e. The maximum Gasteiger partial charge on any atom is 0.251 e. The lowest BCUT2D eigenvalue weighted by molar-refractivity contribution is 0.0944. The second-order valence-corrected chi connectivity index (χ2v) is 4.09. The topological polar surface area (TPSA) is 54.1 Å². The van der Waals surface area contributed by atoms with E-state index in [-0.39, 0.29) is 5.91 Å². The van der Waals surface area contributed by atoms with E-state index in [0.29, 0.717) is 18.7 Å². The molecule has 2 rings (SSSR count). The van der Waals surface area contributed by atoms with Crippen molar-refractivity contribution in [2.24, 2.45) is 0 Å². The van der Waals surface area contributed by atoms with E-state index in [0.717, 1.165) is 23.9 Å². The molecular formula is C14H18N2O2. The molecule has 4 nitrogen and oxygen atoms in total. The smallest absolute Gasteiger partial charge is 0.251 e. The van der Waals surface area contributed by atoms with Crippen molar-refractivity contribution in [3.8, 4) is 0 Å². The Balaban J connectivity index is 1.88. The predicted molar refractivity (Wildman–Crippen MR) is 71.7 cm³/mol. The Morgan fingerprint density at radius 1 is 1.39 bits per heavy atom. The van der Waals surface area contributed by atoms with Crippen LogP contribution in [-0.2, 0) is 4.74 Å². The number of aromatic nitrogens is 1. The molecule has 0 radical (unpaired) electrons. The molecule has 1 amide bonds. The van der Waals surface area contributed by atoms with Gasteiger partial charge in [-0.3, -0.25) is 4.79 Å². The minimum absolute atomic E-state index is 0.0389. The van der Waals surface area contributed by atoms with Crippen LogP contribution in [0.3, 0.4) is 0 Å². The van der Waals surface area contributed by atoms with Crippen molar-refractivity contribution >= 4 is 16.8 Å². The van der Waals surface area contributed by atoms with E-state index in [1.165, 1.54) is 0 Å². The molecule has 2 aromatic rings. The van der Waals surface area contributed by atoms with Gasteiger partial charge in [0.15, 0.2) is 0 Å². The molecule has 0 unspecified atom stereocenters. The zero-order valence-corrected chi connectivity index (χ0v) is 10.5. The van der Waals surface area contributed by atoms with Crippen LogP contribution in [0.4, 0.5) is 0 Å². The van der Waals surface area contributed by atoms with Crippen molar-refractivity contribution < 1.29 is 9.53 Å². The fraction of sp³-hybridized carbons (Fsp3) is 0.357. The minimum atomic E-state index is -0.0389. The molecule has 2 N–H and O–H groups in total. The van der Waals surface area contributed by atoms with Crippen LogP contribution in [0.1, 0.15) is 23.7 Å². The van der Waals surface area contributed by atoms with Crippen molar-refractivity contribution in [2.45, 2.75) is 13.3 Å². The number of benzene rings is 1. The van der Waals surface area contributed by atoms with Gasteiger partial charge in [-0.1, -0.05) is 6.07 Å². The molecule has 0 atom stereocenters. The molecule has 1 aromatic heterocycles. The third-order valence-corrected chi connectivity index (χ3v) is 2.77. The number of carbonyl (C=O) groups is 1. The normalized spacial score (nSPS) is 10.7. The Bertz CT molecular complexity index is 519. The second-order valence-electron chi connectivity index (χ2n) is 4.09. The fourth-order valence-corrected chi connectivity index (χ4v) is 1.81. The first kappa shape index (κ1) is 12.6. The summed E-state index contributed by atoms with van der Waals surface area (Å²) in [4.78, 5) is 15.0. The van der Waals surface area contributed by atoms with Gasteiger partial charge in [0, 0.05) is 37.0 Å². The lowest BCUT2D eigenvalue weighted by atomic mass is 10.1. The molecule has 96 valence electrons. The van der Waals surface area contributed by atoms with Crippen LogP contribution >= 0.6 is 0 Å². The summed E-state index contributed by atoms with van der Waals surface area (Å²) in [6, 6.07) is 7.64. The van der Waals surface area contributed by atoms with Gasteiger partial charge >= 0.3 is 0 Å². The second kappa shape index (κ2) is 6.21. The molecule has 0 aliphatic heterocycles. The average molecular weight is 246 g/mol. The van der Waals surface area contributed by atoms with Gasteiger partial charge in [-0.25, -0.2) is 0 Å². The van der Waals surface area contributed by atoms with Gasteiger partial charge in [0.25, 0.3) is 5.91 Å². The summed E-state index contributed by atoms with van der Waals surface area (Å²) in [6.45, 7) is 4.01. The summed E-state index contributed by atoms with van der Waals surface area (Å²) in [6.07, 6.45) is 2.71. The number of rotatable bonds is 6. The predicted octanol–water partition coefficient (Wildman–Crippen LogP) is 2.32. The van der Waals surface area contributed by atoms with Gasteiger partial charge in [0.2, 0.25) is 0 Å². The number of amides is 1. The molecular weight excluding hydrogens is 228 g/mol. The van der Waals surface area contributed by atoms with Gasteiger partial charge < -0.3 is 15.0 Å². The number of carbonyl (C=O) groups excluding carboxylic acids is 1. The van der Waals surface area contributed by atoms with Crippen molar-refractivity contribution in [3.05, 3.63) is 36.0 Å². The number of aromatic amines is 1. The number of hydrogen-bond donors (Lipinski definition) is 2. The largest absolute Gasteiger partial charge is 0.382 e. The summed E-state index contributed by atoms with van der Waals surface area (Å²) in [5, 5.41) is 4.00. The maximum atomic E-state index is 11.9. The standard InChI is InChI=1S/C14H18N2O2/c1-2-18-9-3-7-16-14(17)12-5-4-11-6-8-15-13(11)10-12/h4-6,8,10,15H,2-3,7,9H2,1H3,(H,16,17). The number of fused-ring (bicyclic) bond motifs is 1. The third kappa shape index (κ3) is 3.11. The zero-order chi connectivity index (χ0) is 12.8. The van der Waals surface area contributed by atoms with Crippen molar-refractivity contribution in [1.82, 2.24) is 10.3 Å². The number of nitrogens with one attached hydrogen (secondary N) is 2. The lowest BCUT2D eigenvalue weighted by Gasteiger charge is -2.05. The lowest BCUT2D eigenvalue weighted by Crippen LogP contribution is -2.25. The van der Waals surface area contributed by atoms with Crippen molar-refractivity contribution in [2.75, 3.05) is 19.8 Å². The SMILES string of the molecule is CCOCCCNC(=O)c1ccc2cc[nH]c2c1. The zero-order valence-electron chi connectivity index (χ0n) is 10.5. The van der Waals surface area contributed by atoms with E-state index >= 15 is 0 Å². The molecule has 0 bridgehead atoms.